The van der Waals surface area contributed by atoms with E-state index in [1.807, 2.05) is 0 Å². The lowest BCUT2D eigenvalue weighted by Crippen LogP contribution is -2.42. The minimum Gasteiger partial charge on any atom is -0.310 e. The van der Waals surface area contributed by atoms with Crippen LogP contribution >= 0.6 is 0 Å². The van der Waals surface area contributed by atoms with Gasteiger partial charge in [0.25, 0.3) is 0 Å². The highest BCUT2D eigenvalue weighted by atomic mass is 14.9. The van der Waals surface area contributed by atoms with Crippen LogP contribution in [0.4, 0.5) is 0 Å². The van der Waals surface area contributed by atoms with Crippen molar-refractivity contribution in [1.29, 1.82) is 0 Å². The van der Waals surface area contributed by atoms with E-state index < -0.39 is 0 Å². The van der Waals surface area contributed by atoms with Gasteiger partial charge in [0, 0.05) is 6.04 Å². The number of hydrogen-bond acceptors (Lipinski definition) is 1. The molecule has 1 atom stereocenters. The highest BCUT2D eigenvalue weighted by molar-refractivity contribution is 5.15. The second kappa shape index (κ2) is 7.20. The number of allylic oxidation sites excluding steroid dienone is 1. The number of hydrogen-bond donors (Lipinski definition) is 1. The summed E-state index contributed by atoms with van der Waals surface area (Å²) < 4.78 is 0. The summed E-state index contributed by atoms with van der Waals surface area (Å²) in [6, 6.07) is 0.570. The van der Waals surface area contributed by atoms with Crippen LogP contribution in [0.25, 0.3) is 0 Å². The molecule has 0 amide bonds. The Bertz CT molecular complexity index is 234. The van der Waals surface area contributed by atoms with Gasteiger partial charge in [0.2, 0.25) is 0 Å². The molecule has 1 N–H and O–H groups in total. The maximum absolute atomic E-state index is 3.76. The Morgan fingerprint density at radius 2 is 1.88 bits per heavy atom. The maximum atomic E-state index is 3.76. The van der Waals surface area contributed by atoms with Gasteiger partial charge >= 0.3 is 0 Å². The predicted octanol–water partition coefficient (Wildman–Crippen LogP) is 4.68. The Morgan fingerprint density at radius 3 is 2.53 bits per heavy atom. The molecule has 1 aliphatic carbocycles. The molecule has 1 rings (SSSR count). The Labute approximate surface area is 108 Å². The zero-order valence-electron chi connectivity index (χ0n) is 12.3. The first-order valence-electron chi connectivity index (χ1n) is 7.48. The molecule has 0 bridgehead atoms. The molecular formula is C16H31N. The first kappa shape index (κ1) is 14.8. The third kappa shape index (κ3) is 5.25. The molecule has 0 spiro atoms. The van der Waals surface area contributed by atoms with Gasteiger partial charge in [0.1, 0.15) is 0 Å². The summed E-state index contributed by atoms with van der Waals surface area (Å²) in [7, 11) is 0. The third-order valence-corrected chi connectivity index (χ3v) is 3.66. The topological polar surface area (TPSA) is 12.0 Å². The second-order valence-electron chi connectivity index (χ2n) is 6.49. The molecule has 0 fully saturated rings. The van der Waals surface area contributed by atoms with Crippen LogP contribution in [0.3, 0.4) is 0 Å². The van der Waals surface area contributed by atoms with E-state index in [4.69, 9.17) is 0 Å². The van der Waals surface area contributed by atoms with E-state index in [0.717, 1.165) is 6.54 Å². The zero-order valence-corrected chi connectivity index (χ0v) is 12.3. The van der Waals surface area contributed by atoms with Crippen molar-refractivity contribution in [2.24, 2.45) is 5.41 Å². The van der Waals surface area contributed by atoms with Gasteiger partial charge < -0.3 is 5.32 Å². The summed E-state index contributed by atoms with van der Waals surface area (Å²) in [5.41, 5.74) is 2.01. The maximum Gasteiger partial charge on any atom is 0.0328 e. The second-order valence-corrected chi connectivity index (χ2v) is 6.49. The van der Waals surface area contributed by atoms with E-state index in [2.05, 4.69) is 39.1 Å². The zero-order chi connectivity index (χ0) is 12.7. The first-order chi connectivity index (χ1) is 8.05. The Balaban J connectivity index is 2.72. The van der Waals surface area contributed by atoms with Crippen LogP contribution in [-0.2, 0) is 0 Å². The summed E-state index contributed by atoms with van der Waals surface area (Å²) in [6.07, 6.45) is 11.9. The quantitative estimate of drug-likeness (QED) is 0.700. The first-order valence-corrected chi connectivity index (χ1v) is 7.48. The number of rotatable bonds is 4. The average Bonchev–Trinajstić information content (AvgIpc) is 2.19. The van der Waals surface area contributed by atoms with Crippen molar-refractivity contribution in [3.63, 3.8) is 0 Å². The lowest BCUT2D eigenvalue weighted by atomic mass is 9.79. The molecule has 0 aromatic heterocycles. The lowest BCUT2D eigenvalue weighted by Gasteiger charge is -2.34. The van der Waals surface area contributed by atoms with Gasteiger partial charge in [-0.1, -0.05) is 52.2 Å². The molecule has 0 aliphatic heterocycles. The molecule has 0 saturated heterocycles. The third-order valence-electron chi connectivity index (χ3n) is 3.66. The standard InChI is InChI=1S/C16H31N/c1-5-13-17-15(16(2,3)4)14-11-9-7-6-8-10-12-14/h11,15,17H,5-10,12-13H2,1-4H3. The van der Waals surface area contributed by atoms with Crippen molar-refractivity contribution in [2.75, 3.05) is 6.54 Å². The molecule has 0 aromatic carbocycles. The Morgan fingerprint density at radius 1 is 1.18 bits per heavy atom. The molecule has 100 valence electrons. The van der Waals surface area contributed by atoms with Crippen molar-refractivity contribution in [2.45, 2.75) is 78.7 Å². The van der Waals surface area contributed by atoms with Crippen molar-refractivity contribution in [3.8, 4) is 0 Å². The van der Waals surface area contributed by atoms with E-state index in [1.54, 1.807) is 5.57 Å². The summed E-state index contributed by atoms with van der Waals surface area (Å²) in [5, 5.41) is 3.76. The van der Waals surface area contributed by atoms with E-state index in [1.165, 1.54) is 44.9 Å². The van der Waals surface area contributed by atoms with Crippen molar-refractivity contribution >= 4 is 0 Å². The number of nitrogens with one attached hydrogen (secondary N) is 1. The van der Waals surface area contributed by atoms with Crippen molar-refractivity contribution in [1.82, 2.24) is 5.32 Å². The molecule has 1 heteroatoms. The van der Waals surface area contributed by atoms with Crippen LogP contribution in [0, 0.1) is 5.41 Å². The average molecular weight is 237 g/mol. The van der Waals surface area contributed by atoms with Crippen LogP contribution in [0.5, 0.6) is 0 Å². The van der Waals surface area contributed by atoms with Gasteiger partial charge in [0.05, 0.1) is 0 Å². The summed E-state index contributed by atoms with van der Waals surface area (Å²) in [6.45, 7) is 10.5. The normalized spacial score (nSPS) is 20.4. The minimum atomic E-state index is 0.334. The van der Waals surface area contributed by atoms with Gasteiger partial charge in [0.15, 0.2) is 0 Å². The molecular weight excluding hydrogens is 206 g/mol. The minimum absolute atomic E-state index is 0.334. The SMILES string of the molecule is CCCNC(C1=CCCCCCC1)C(C)(C)C. The summed E-state index contributed by atoms with van der Waals surface area (Å²) in [5.74, 6) is 0. The van der Waals surface area contributed by atoms with E-state index >= 15 is 0 Å². The fourth-order valence-corrected chi connectivity index (χ4v) is 2.76. The predicted molar refractivity (Wildman–Crippen MR) is 77.3 cm³/mol. The van der Waals surface area contributed by atoms with Gasteiger partial charge in [-0.2, -0.15) is 0 Å². The van der Waals surface area contributed by atoms with Crippen LogP contribution in [0.1, 0.15) is 72.6 Å². The van der Waals surface area contributed by atoms with Crippen LogP contribution in [0.2, 0.25) is 0 Å². The van der Waals surface area contributed by atoms with Crippen LogP contribution in [-0.4, -0.2) is 12.6 Å². The molecule has 1 unspecified atom stereocenters. The van der Waals surface area contributed by atoms with Crippen molar-refractivity contribution < 1.29 is 0 Å². The summed E-state index contributed by atoms with van der Waals surface area (Å²) >= 11 is 0. The molecule has 0 radical (unpaired) electrons. The molecule has 1 aliphatic rings. The molecule has 0 saturated carbocycles. The smallest absolute Gasteiger partial charge is 0.0328 e. The summed E-state index contributed by atoms with van der Waals surface area (Å²) in [4.78, 5) is 0. The van der Waals surface area contributed by atoms with Gasteiger partial charge in [-0.3, -0.25) is 0 Å². The van der Waals surface area contributed by atoms with Gasteiger partial charge in [-0.25, -0.2) is 0 Å². The van der Waals surface area contributed by atoms with Crippen LogP contribution < -0.4 is 5.32 Å². The largest absolute Gasteiger partial charge is 0.310 e. The molecule has 1 nitrogen and oxygen atoms in total. The van der Waals surface area contributed by atoms with E-state index in [0.29, 0.717) is 11.5 Å². The molecule has 0 heterocycles. The van der Waals surface area contributed by atoms with E-state index in [9.17, 15) is 0 Å². The van der Waals surface area contributed by atoms with E-state index in [-0.39, 0.29) is 0 Å². The van der Waals surface area contributed by atoms with Gasteiger partial charge in [-0.05, 0) is 44.1 Å². The Kier molecular flexibility index (Phi) is 6.26. The highest BCUT2D eigenvalue weighted by Crippen LogP contribution is 2.30. The van der Waals surface area contributed by atoms with Crippen LogP contribution in [0.15, 0.2) is 11.6 Å². The monoisotopic (exact) mass is 237 g/mol. The molecule has 0 aromatic rings. The van der Waals surface area contributed by atoms with Crippen molar-refractivity contribution in [3.05, 3.63) is 11.6 Å². The fourth-order valence-electron chi connectivity index (χ4n) is 2.76. The fraction of sp³-hybridized carbons (Fsp3) is 0.875. The van der Waals surface area contributed by atoms with Gasteiger partial charge in [-0.15, -0.1) is 0 Å². The Hall–Kier alpha value is -0.300. The highest BCUT2D eigenvalue weighted by Gasteiger charge is 2.27. The lowest BCUT2D eigenvalue weighted by molar-refractivity contribution is 0.294. The molecule has 17 heavy (non-hydrogen) atoms.